The third kappa shape index (κ3) is 3.94. The van der Waals surface area contributed by atoms with Crippen LogP contribution >= 0.6 is 11.3 Å². The lowest BCUT2D eigenvalue weighted by molar-refractivity contribution is 0.373. The highest BCUT2D eigenvalue weighted by molar-refractivity contribution is 7.10. The van der Waals surface area contributed by atoms with E-state index in [-0.39, 0.29) is 0 Å². The minimum Gasteiger partial charge on any atom is -0.306 e. The maximum absolute atomic E-state index is 3.80. The summed E-state index contributed by atoms with van der Waals surface area (Å²) in [5.74, 6) is 0.605. The van der Waals surface area contributed by atoms with Crippen molar-refractivity contribution >= 4 is 11.3 Å². The zero-order valence-electron chi connectivity index (χ0n) is 12.9. The molecule has 2 atom stereocenters. The predicted octanol–water partition coefficient (Wildman–Crippen LogP) is 4.97. The van der Waals surface area contributed by atoms with Crippen LogP contribution in [-0.2, 0) is 6.42 Å². The first kappa shape index (κ1) is 15.3. The second-order valence-electron chi connectivity index (χ2n) is 5.94. The Bertz CT molecular complexity index is 516. The highest BCUT2D eigenvalue weighted by Crippen LogP contribution is 2.26. The average molecular weight is 287 g/mol. The van der Waals surface area contributed by atoms with E-state index in [1.54, 1.807) is 0 Å². The van der Waals surface area contributed by atoms with Gasteiger partial charge >= 0.3 is 0 Å². The molecule has 1 heterocycles. The number of nitrogens with one attached hydrogen (secondary N) is 1. The van der Waals surface area contributed by atoms with Crippen LogP contribution in [0.4, 0.5) is 0 Å². The largest absolute Gasteiger partial charge is 0.306 e. The summed E-state index contributed by atoms with van der Waals surface area (Å²) < 4.78 is 0. The molecule has 0 aliphatic rings. The van der Waals surface area contributed by atoms with Crippen LogP contribution in [0.15, 0.2) is 41.8 Å². The van der Waals surface area contributed by atoms with Crippen molar-refractivity contribution < 1.29 is 0 Å². The molecular formula is C18H25NS. The van der Waals surface area contributed by atoms with Crippen LogP contribution < -0.4 is 5.32 Å². The maximum Gasteiger partial charge on any atom is 0.0440 e. The number of aryl methyl sites for hydroxylation is 1. The Morgan fingerprint density at radius 3 is 2.40 bits per heavy atom. The lowest BCUT2D eigenvalue weighted by atomic mass is 9.98. The van der Waals surface area contributed by atoms with Gasteiger partial charge in [0.2, 0.25) is 0 Å². The zero-order chi connectivity index (χ0) is 14.5. The van der Waals surface area contributed by atoms with Gasteiger partial charge in [-0.05, 0) is 48.8 Å². The minimum absolute atomic E-state index is 0.453. The molecule has 2 unspecified atom stereocenters. The van der Waals surface area contributed by atoms with Crippen molar-refractivity contribution in [1.82, 2.24) is 5.32 Å². The molecule has 0 radical (unpaired) electrons. The van der Waals surface area contributed by atoms with Crippen molar-refractivity contribution in [3.63, 3.8) is 0 Å². The second-order valence-corrected chi connectivity index (χ2v) is 6.91. The minimum atomic E-state index is 0.453. The molecule has 0 saturated heterocycles. The molecule has 1 nitrogen and oxygen atoms in total. The first-order chi connectivity index (χ1) is 9.58. The lowest BCUT2D eigenvalue weighted by Crippen LogP contribution is -2.34. The van der Waals surface area contributed by atoms with Crippen molar-refractivity contribution in [2.24, 2.45) is 5.92 Å². The van der Waals surface area contributed by atoms with E-state index in [1.807, 2.05) is 11.3 Å². The molecule has 0 fully saturated rings. The van der Waals surface area contributed by atoms with Gasteiger partial charge in [0.25, 0.3) is 0 Å². The molecule has 1 aromatic carbocycles. The summed E-state index contributed by atoms with van der Waals surface area (Å²) in [7, 11) is 0. The van der Waals surface area contributed by atoms with Crippen molar-refractivity contribution in [1.29, 1.82) is 0 Å². The van der Waals surface area contributed by atoms with E-state index < -0.39 is 0 Å². The van der Waals surface area contributed by atoms with Gasteiger partial charge in [0.1, 0.15) is 0 Å². The summed E-state index contributed by atoms with van der Waals surface area (Å²) in [4.78, 5) is 1.44. The number of hydrogen-bond acceptors (Lipinski definition) is 2. The van der Waals surface area contributed by atoms with Gasteiger partial charge < -0.3 is 5.32 Å². The number of rotatable bonds is 6. The molecular weight excluding hydrogens is 262 g/mol. The standard InChI is InChI=1S/C18H25NS/c1-13(2)18(17-10-7-11-20-17)19-15(4)12-16-9-6-5-8-14(16)3/h5-11,13,15,18-19H,12H2,1-4H3. The van der Waals surface area contributed by atoms with Crippen LogP contribution in [-0.4, -0.2) is 6.04 Å². The van der Waals surface area contributed by atoms with E-state index in [2.05, 4.69) is 74.8 Å². The van der Waals surface area contributed by atoms with E-state index >= 15 is 0 Å². The normalized spacial score (nSPS) is 14.4. The number of thiophene rings is 1. The molecule has 1 N–H and O–H groups in total. The molecule has 20 heavy (non-hydrogen) atoms. The van der Waals surface area contributed by atoms with Gasteiger partial charge in [0, 0.05) is 17.0 Å². The molecule has 0 saturated carbocycles. The van der Waals surface area contributed by atoms with Gasteiger partial charge in [-0.1, -0.05) is 44.2 Å². The van der Waals surface area contributed by atoms with E-state index in [9.17, 15) is 0 Å². The summed E-state index contributed by atoms with van der Waals surface area (Å²) in [6.45, 7) is 9.06. The molecule has 2 aromatic rings. The molecule has 2 heteroatoms. The average Bonchev–Trinajstić information content (AvgIpc) is 2.92. The fourth-order valence-electron chi connectivity index (χ4n) is 2.61. The van der Waals surface area contributed by atoms with Crippen molar-refractivity contribution in [2.45, 2.75) is 46.2 Å². The van der Waals surface area contributed by atoms with Crippen molar-refractivity contribution in [3.05, 3.63) is 57.8 Å². The Morgan fingerprint density at radius 1 is 1.05 bits per heavy atom. The first-order valence-corrected chi connectivity index (χ1v) is 8.30. The molecule has 0 aliphatic heterocycles. The third-order valence-corrected chi connectivity index (χ3v) is 4.72. The summed E-state index contributed by atoms with van der Waals surface area (Å²) in [5, 5.41) is 5.97. The topological polar surface area (TPSA) is 12.0 Å². The van der Waals surface area contributed by atoms with Crippen LogP contribution in [0.2, 0.25) is 0 Å². The molecule has 1 aromatic heterocycles. The Labute approximate surface area is 127 Å². The van der Waals surface area contributed by atoms with Crippen molar-refractivity contribution in [3.8, 4) is 0 Å². The Balaban J connectivity index is 2.02. The third-order valence-electron chi connectivity index (χ3n) is 3.77. The fraction of sp³-hybridized carbons (Fsp3) is 0.444. The zero-order valence-corrected chi connectivity index (χ0v) is 13.7. The fourth-order valence-corrected chi connectivity index (χ4v) is 3.56. The highest BCUT2D eigenvalue weighted by Gasteiger charge is 2.19. The SMILES string of the molecule is Cc1ccccc1CC(C)NC(c1cccs1)C(C)C. The van der Waals surface area contributed by atoms with E-state index in [0.29, 0.717) is 18.0 Å². The number of benzene rings is 1. The molecule has 2 rings (SSSR count). The Kier molecular flexibility index (Phi) is 5.38. The van der Waals surface area contributed by atoms with Crippen LogP contribution in [0.25, 0.3) is 0 Å². The summed E-state index contributed by atoms with van der Waals surface area (Å²) >= 11 is 1.85. The molecule has 108 valence electrons. The van der Waals surface area contributed by atoms with Gasteiger partial charge in [-0.25, -0.2) is 0 Å². The highest BCUT2D eigenvalue weighted by atomic mass is 32.1. The molecule has 0 amide bonds. The van der Waals surface area contributed by atoms with Gasteiger partial charge in [-0.3, -0.25) is 0 Å². The molecule has 0 bridgehead atoms. The number of hydrogen-bond donors (Lipinski definition) is 1. The smallest absolute Gasteiger partial charge is 0.0440 e. The monoisotopic (exact) mass is 287 g/mol. The van der Waals surface area contributed by atoms with Crippen LogP contribution in [0.1, 0.15) is 42.8 Å². The van der Waals surface area contributed by atoms with Crippen LogP contribution in [0.5, 0.6) is 0 Å². The summed E-state index contributed by atoms with van der Waals surface area (Å²) in [6, 6.07) is 14.0. The second kappa shape index (κ2) is 7.05. The van der Waals surface area contributed by atoms with E-state index in [1.165, 1.54) is 16.0 Å². The maximum atomic E-state index is 3.80. The summed E-state index contributed by atoms with van der Waals surface area (Å²) in [5.41, 5.74) is 2.83. The van der Waals surface area contributed by atoms with Gasteiger partial charge in [-0.2, -0.15) is 0 Å². The van der Waals surface area contributed by atoms with Gasteiger partial charge in [-0.15, -0.1) is 11.3 Å². The van der Waals surface area contributed by atoms with Gasteiger partial charge in [0.15, 0.2) is 0 Å². The van der Waals surface area contributed by atoms with E-state index in [0.717, 1.165) is 6.42 Å². The lowest BCUT2D eigenvalue weighted by Gasteiger charge is -2.26. The molecule has 0 aliphatic carbocycles. The summed E-state index contributed by atoms with van der Waals surface area (Å²) in [6.07, 6.45) is 1.08. The predicted molar refractivity (Wildman–Crippen MR) is 89.4 cm³/mol. The van der Waals surface area contributed by atoms with E-state index in [4.69, 9.17) is 0 Å². The van der Waals surface area contributed by atoms with Gasteiger partial charge in [0.05, 0.1) is 0 Å². The quantitative estimate of drug-likeness (QED) is 0.790. The van der Waals surface area contributed by atoms with Crippen molar-refractivity contribution in [2.75, 3.05) is 0 Å². The first-order valence-electron chi connectivity index (χ1n) is 7.42. The Hall–Kier alpha value is -1.12. The Morgan fingerprint density at radius 2 is 1.80 bits per heavy atom. The van der Waals surface area contributed by atoms with Crippen LogP contribution in [0, 0.1) is 12.8 Å². The van der Waals surface area contributed by atoms with Crippen LogP contribution in [0.3, 0.4) is 0 Å². The molecule has 0 spiro atoms.